The van der Waals surface area contributed by atoms with Crippen LogP contribution in [0.2, 0.25) is 0 Å². The first kappa shape index (κ1) is 12.8. The van der Waals surface area contributed by atoms with E-state index < -0.39 is 0 Å². The van der Waals surface area contributed by atoms with Crippen molar-refractivity contribution in [1.82, 2.24) is 4.98 Å². The van der Waals surface area contributed by atoms with Gasteiger partial charge >= 0.3 is 0 Å². The number of aromatic nitrogens is 1. The van der Waals surface area contributed by atoms with Crippen molar-refractivity contribution in [3.05, 3.63) is 45.9 Å². The van der Waals surface area contributed by atoms with Crippen LogP contribution in [0.15, 0.2) is 30.3 Å². The fourth-order valence-corrected chi connectivity index (χ4v) is 2.55. The molecule has 0 amide bonds. The number of aryl methyl sites for hydroxylation is 2. The summed E-state index contributed by atoms with van der Waals surface area (Å²) in [5.74, 6) is 0.890. The zero-order chi connectivity index (χ0) is 12.8. The van der Waals surface area contributed by atoms with Crippen LogP contribution in [0.1, 0.15) is 26.8 Å². The third-order valence-electron chi connectivity index (χ3n) is 2.54. The van der Waals surface area contributed by atoms with Crippen molar-refractivity contribution in [3.8, 4) is 5.75 Å². The molecule has 3 nitrogen and oxygen atoms in total. The van der Waals surface area contributed by atoms with Crippen LogP contribution in [0.25, 0.3) is 0 Å². The molecular weight excluding hydrogens is 246 g/mol. The van der Waals surface area contributed by atoms with E-state index in [0.717, 1.165) is 34.8 Å². The fourth-order valence-electron chi connectivity index (χ4n) is 1.61. The molecule has 0 fully saturated rings. The van der Waals surface area contributed by atoms with Gasteiger partial charge in [0.2, 0.25) is 0 Å². The van der Waals surface area contributed by atoms with Crippen molar-refractivity contribution >= 4 is 17.6 Å². The van der Waals surface area contributed by atoms with E-state index in [1.165, 1.54) is 0 Å². The SMILES string of the molecule is Cc1sc(CCCOc2ccccc2)nc1C=O. The van der Waals surface area contributed by atoms with E-state index >= 15 is 0 Å². The normalized spacial score (nSPS) is 10.3. The Bertz CT molecular complexity index is 508. The smallest absolute Gasteiger partial charge is 0.169 e. The molecule has 0 aliphatic heterocycles. The summed E-state index contributed by atoms with van der Waals surface area (Å²) < 4.78 is 5.60. The second-order valence-electron chi connectivity index (χ2n) is 3.93. The molecule has 2 aromatic rings. The molecule has 1 aromatic carbocycles. The lowest BCUT2D eigenvalue weighted by atomic mass is 10.3. The summed E-state index contributed by atoms with van der Waals surface area (Å²) in [6, 6.07) is 9.76. The number of para-hydroxylation sites is 1. The van der Waals surface area contributed by atoms with Gasteiger partial charge < -0.3 is 4.74 Å². The average molecular weight is 261 g/mol. The summed E-state index contributed by atoms with van der Waals surface area (Å²) in [7, 11) is 0. The van der Waals surface area contributed by atoms with Crippen molar-refractivity contribution in [2.24, 2.45) is 0 Å². The number of ether oxygens (including phenoxy) is 1. The van der Waals surface area contributed by atoms with Gasteiger partial charge in [-0.3, -0.25) is 4.79 Å². The first-order valence-electron chi connectivity index (χ1n) is 5.89. The molecule has 0 atom stereocenters. The molecule has 0 saturated heterocycles. The second-order valence-corrected chi connectivity index (χ2v) is 5.22. The van der Waals surface area contributed by atoms with Gasteiger partial charge in [-0.15, -0.1) is 11.3 Å². The quantitative estimate of drug-likeness (QED) is 0.591. The minimum atomic E-state index is 0.568. The Kier molecular flexibility index (Phi) is 4.47. The molecule has 0 aliphatic carbocycles. The van der Waals surface area contributed by atoms with Gasteiger partial charge in [-0.2, -0.15) is 0 Å². The van der Waals surface area contributed by atoms with E-state index in [2.05, 4.69) is 4.98 Å². The predicted molar refractivity (Wildman–Crippen MR) is 72.5 cm³/mol. The lowest BCUT2D eigenvalue weighted by Crippen LogP contribution is -1.99. The first-order chi connectivity index (χ1) is 8.79. The molecule has 18 heavy (non-hydrogen) atoms. The lowest BCUT2D eigenvalue weighted by molar-refractivity contribution is 0.111. The molecule has 0 saturated carbocycles. The van der Waals surface area contributed by atoms with Gasteiger partial charge in [-0.1, -0.05) is 18.2 Å². The zero-order valence-corrected chi connectivity index (χ0v) is 11.1. The van der Waals surface area contributed by atoms with Crippen LogP contribution >= 0.6 is 11.3 Å². The highest BCUT2D eigenvalue weighted by Gasteiger charge is 2.06. The Morgan fingerprint density at radius 2 is 2.11 bits per heavy atom. The molecule has 0 aliphatic rings. The highest BCUT2D eigenvalue weighted by atomic mass is 32.1. The van der Waals surface area contributed by atoms with E-state index in [0.29, 0.717) is 12.3 Å². The van der Waals surface area contributed by atoms with Gasteiger partial charge in [0, 0.05) is 11.3 Å². The molecule has 94 valence electrons. The second kappa shape index (κ2) is 6.31. The van der Waals surface area contributed by atoms with Gasteiger partial charge in [0.05, 0.1) is 11.6 Å². The molecule has 2 rings (SSSR count). The third-order valence-corrected chi connectivity index (χ3v) is 3.58. The van der Waals surface area contributed by atoms with Crippen molar-refractivity contribution in [2.75, 3.05) is 6.61 Å². The molecule has 1 aromatic heterocycles. The molecule has 0 unspecified atom stereocenters. The fraction of sp³-hybridized carbons (Fsp3) is 0.286. The summed E-state index contributed by atoms with van der Waals surface area (Å²) in [4.78, 5) is 15.9. The highest BCUT2D eigenvalue weighted by Crippen LogP contribution is 2.17. The average Bonchev–Trinajstić information content (AvgIpc) is 2.76. The van der Waals surface area contributed by atoms with Crippen LogP contribution in [-0.4, -0.2) is 17.9 Å². The van der Waals surface area contributed by atoms with E-state index in [1.807, 2.05) is 37.3 Å². The van der Waals surface area contributed by atoms with Crippen molar-refractivity contribution in [3.63, 3.8) is 0 Å². The van der Waals surface area contributed by atoms with Crippen LogP contribution in [-0.2, 0) is 6.42 Å². The number of hydrogen-bond donors (Lipinski definition) is 0. The van der Waals surface area contributed by atoms with E-state index in [1.54, 1.807) is 11.3 Å². The van der Waals surface area contributed by atoms with Gasteiger partial charge in [0.1, 0.15) is 11.4 Å². The summed E-state index contributed by atoms with van der Waals surface area (Å²) in [6.45, 7) is 2.59. The number of thiazole rings is 1. The predicted octanol–water partition coefficient (Wildman–Crippen LogP) is 3.28. The van der Waals surface area contributed by atoms with Crippen LogP contribution in [0.5, 0.6) is 5.75 Å². The minimum Gasteiger partial charge on any atom is -0.494 e. The van der Waals surface area contributed by atoms with Gasteiger partial charge in [-0.05, 0) is 25.5 Å². The topological polar surface area (TPSA) is 39.2 Å². The number of carbonyl (C=O) groups excluding carboxylic acids is 1. The van der Waals surface area contributed by atoms with Crippen molar-refractivity contribution in [1.29, 1.82) is 0 Å². The molecule has 0 spiro atoms. The van der Waals surface area contributed by atoms with Crippen molar-refractivity contribution < 1.29 is 9.53 Å². The standard InChI is InChI=1S/C14H15NO2S/c1-11-13(10-16)15-14(18-11)8-5-9-17-12-6-3-2-4-7-12/h2-4,6-7,10H,5,8-9H2,1H3. The number of benzene rings is 1. The van der Waals surface area contributed by atoms with Gasteiger partial charge in [0.25, 0.3) is 0 Å². The minimum absolute atomic E-state index is 0.568. The summed E-state index contributed by atoms with van der Waals surface area (Å²) in [5, 5.41) is 1.01. The van der Waals surface area contributed by atoms with Crippen LogP contribution in [0.4, 0.5) is 0 Å². The molecule has 0 radical (unpaired) electrons. The molecule has 0 bridgehead atoms. The zero-order valence-electron chi connectivity index (χ0n) is 10.3. The number of aldehydes is 1. The van der Waals surface area contributed by atoms with Crippen LogP contribution in [0, 0.1) is 6.92 Å². The Labute approximate surface area is 110 Å². The monoisotopic (exact) mass is 261 g/mol. The number of rotatable bonds is 6. The maximum Gasteiger partial charge on any atom is 0.169 e. The maximum atomic E-state index is 10.7. The van der Waals surface area contributed by atoms with E-state index in [4.69, 9.17) is 4.74 Å². The maximum absolute atomic E-state index is 10.7. The van der Waals surface area contributed by atoms with E-state index in [9.17, 15) is 4.79 Å². The Balaban J connectivity index is 1.77. The van der Waals surface area contributed by atoms with Crippen LogP contribution in [0.3, 0.4) is 0 Å². The first-order valence-corrected chi connectivity index (χ1v) is 6.70. The number of carbonyl (C=O) groups is 1. The highest BCUT2D eigenvalue weighted by molar-refractivity contribution is 7.11. The van der Waals surface area contributed by atoms with Gasteiger partial charge in [-0.25, -0.2) is 4.98 Å². The lowest BCUT2D eigenvalue weighted by Gasteiger charge is -2.04. The van der Waals surface area contributed by atoms with Gasteiger partial charge in [0.15, 0.2) is 6.29 Å². The summed E-state index contributed by atoms with van der Waals surface area (Å²) in [6.07, 6.45) is 2.57. The largest absolute Gasteiger partial charge is 0.494 e. The summed E-state index contributed by atoms with van der Waals surface area (Å²) >= 11 is 1.59. The number of nitrogens with zero attached hydrogens (tertiary/aromatic N) is 1. The number of hydrogen-bond acceptors (Lipinski definition) is 4. The molecule has 0 N–H and O–H groups in total. The van der Waals surface area contributed by atoms with Crippen molar-refractivity contribution in [2.45, 2.75) is 19.8 Å². The molecular formula is C14H15NO2S. The third kappa shape index (κ3) is 3.40. The molecule has 4 heteroatoms. The summed E-state index contributed by atoms with van der Waals surface area (Å²) in [5.41, 5.74) is 0.568. The van der Waals surface area contributed by atoms with E-state index in [-0.39, 0.29) is 0 Å². The Hall–Kier alpha value is -1.68. The Morgan fingerprint density at radius 1 is 1.33 bits per heavy atom. The van der Waals surface area contributed by atoms with Crippen LogP contribution < -0.4 is 4.74 Å². The Morgan fingerprint density at radius 3 is 2.78 bits per heavy atom. The molecule has 1 heterocycles.